The minimum absolute atomic E-state index is 0.458. The van der Waals surface area contributed by atoms with Crippen LogP contribution in [0.5, 0.6) is 0 Å². The number of aryl methyl sites for hydroxylation is 1. The first kappa shape index (κ1) is 12.3. The number of anilines is 1. The van der Waals surface area contributed by atoms with Crippen molar-refractivity contribution >= 4 is 11.5 Å². The van der Waals surface area contributed by atoms with Crippen molar-refractivity contribution in [1.29, 1.82) is 0 Å². The zero-order valence-corrected chi connectivity index (χ0v) is 8.51. The predicted octanol–water partition coefficient (Wildman–Crippen LogP) is 3.05. The van der Waals surface area contributed by atoms with Gasteiger partial charge in [0, 0.05) is 18.0 Å². The van der Waals surface area contributed by atoms with Crippen LogP contribution in [0.4, 0.5) is 18.9 Å². The van der Waals surface area contributed by atoms with Gasteiger partial charge in [-0.05, 0) is 19.1 Å². The first-order valence-corrected chi connectivity index (χ1v) is 4.50. The fourth-order valence-electron chi connectivity index (χ4n) is 0.958. The summed E-state index contributed by atoms with van der Waals surface area (Å²) in [6.45, 7) is 1.90. The van der Waals surface area contributed by atoms with E-state index >= 15 is 0 Å². The molecule has 1 N–H and O–H groups in total. The quantitative estimate of drug-likeness (QED) is 0.807. The molecule has 16 heavy (non-hydrogen) atoms. The number of carbonyl (C=O) groups is 1. The van der Waals surface area contributed by atoms with Crippen molar-refractivity contribution in [2.24, 2.45) is 0 Å². The normalized spacial score (nSPS) is 11.8. The van der Waals surface area contributed by atoms with E-state index in [2.05, 4.69) is 5.32 Å². The summed E-state index contributed by atoms with van der Waals surface area (Å²) in [6.07, 6.45) is -3.38. The van der Waals surface area contributed by atoms with E-state index in [4.69, 9.17) is 0 Å². The molecule has 0 amide bonds. The van der Waals surface area contributed by atoms with Gasteiger partial charge in [-0.3, -0.25) is 4.79 Å². The van der Waals surface area contributed by atoms with E-state index < -0.39 is 12.0 Å². The highest BCUT2D eigenvalue weighted by Crippen LogP contribution is 2.16. The van der Waals surface area contributed by atoms with E-state index in [0.717, 1.165) is 11.8 Å². The molecule has 0 spiro atoms. The molecule has 5 heteroatoms. The molecular formula is C11H10F3NO. The Kier molecular flexibility index (Phi) is 3.71. The summed E-state index contributed by atoms with van der Waals surface area (Å²) in [6, 6.07) is 7.03. The SMILES string of the molecule is Cc1ccc(N/C=C\C(=O)C(F)(F)F)cc1. The number of carbonyl (C=O) groups excluding carboxylic acids is 1. The summed E-state index contributed by atoms with van der Waals surface area (Å²) in [5.41, 5.74) is 1.66. The fraction of sp³-hybridized carbons (Fsp3) is 0.182. The van der Waals surface area contributed by atoms with Gasteiger partial charge >= 0.3 is 6.18 Å². The fourth-order valence-corrected chi connectivity index (χ4v) is 0.958. The van der Waals surface area contributed by atoms with Crippen LogP contribution >= 0.6 is 0 Å². The molecule has 0 unspecified atom stereocenters. The summed E-state index contributed by atoms with van der Waals surface area (Å²) in [5, 5.41) is 2.57. The minimum Gasteiger partial charge on any atom is -0.362 e. The summed E-state index contributed by atoms with van der Waals surface area (Å²) < 4.78 is 35.4. The van der Waals surface area contributed by atoms with Crippen molar-refractivity contribution < 1.29 is 18.0 Å². The molecule has 0 saturated carbocycles. The zero-order chi connectivity index (χ0) is 12.2. The highest BCUT2D eigenvalue weighted by molar-refractivity contribution is 5.94. The molecule has 0 saturated heterocycles. The lowest BCUT2D eigenvalue weighted by Gasteiger charge is -2.02. The summed E-state index contributed by atoms with van der Waals surface area (Å²) in [4.78, 5) is 10.5. The number of hydrogen-bond acceptors (Lipinski definition) is 2. The standard InChI is InChI=1S/C11H10F3NO/c1-8-2-4-9(5-3-8)15-7-6-10(16)11(12,13)14/h2-7,15H,1H3/b7-6-. The van der Waals surface area contributed by atoms with Crippen LogP contribution in [0.1, 0.15) is 5.56 Å². The lowest BCUT2D eigenvalue weighted by molar-refractivity contribution is -0.165. The zero-order valence-electron chi connectivity index (χ0n) is 8.51. The van der Waals surface area contributed by atoms with Gasteiger partial charge in [0.25, 0.3) is 5.78 Å². The minimum atomic E-state index is -4.81. The Labute approximate surface area is 90.8 Å². The Balaban J connectivity index is 2.55. The van der Waals surface area contributed by atoms with E-state index in [9.17, 15) is 18.0 Å². The maximum absolute atomic E-state index is 11.8. The largest absolute Gasteiger partial charge is 0.454 e. The lowest BCUT2D eigenvalue weighted by atomic mass is 10.2. The predicted molar refractivity (Wildman–Crippen MR) is 55.0 cm³/mol. The van der Waals surface area contributed by atoms with Gasteiger partial charge in [0.2, 0.25) is 0 Å². The van der Waals surface area contributed by atoms with Gasteiger partial charge in [0.1, 0.15) is 0 Å². The molecule has 0 bridgehead atoms. The number of alkyl halides is 3. The first-order chi connectivity index (χ1) is 7.39. The number of benzene rings is 1. The molecule has 86 valence electrons. The average Bonchev–Trinajstić information content (AvgIpc) is 2.19. The van der Waals surface area contributed by atoms with Crippen LogP contribution in [0.15, 0.2) is 36.5 Å². The van der Waals surface area contributed by atoms with Gasteiger partial charge in [-0.25, -0.2) is 0 Å². The maximum atomic E-state index is 11.8. The van der Waals surface area contributed by atoms with Crippen LogP contribution in [0, 0.1) is 6.92 Å². The van der Waals surface area contributed by atoms with E-state index in [1.54, 1.807) is 12.1 Å². The number of rotatable bonds is 3. The number of ketones is 1. The van der Waals surface area contributed by atoms with E-state index in [-0.39, 0.29) is 0 Å². The van der Waals surface area contributed by atoms with Gasteiger partial charge in [-0.2, -0.15) is 13.2 Å². The topological polar surface area (TPSA) is 29.1 Å². The van der Waals surface area contributed by atoms with Crippen LogP contribution in [-0.4, -0.2) is 12.0 Å². The Morgan fingerprint density at radius 2 is 1.81 bits per heavy atom. The van der Waals surface area contributed by atoms with Crippen LogP contribution in [0.2, 0.25) is 0 Å². The van der Waals surface area contributed by atoms with E-state index in [1.165, 1.54) is 0 Å². The number of allylic oxidation sites excluding steroid dienone is 1. The van der Waals surface area contributed by atoms with E-state index in [0.29, 0.717) is 11.8 Å². The van der Waals surface area contributed by atoms with Crippen molar-refractivity contribution in [3.63, 3.8) is 0 Å². The Morgan fingerprint density at radius 3 is 2.31 bits per heavy atom. The van der Waals surface area contributed by atoms with Crippen molar-refractivity contribution in [3.05, 3.63) is 42.1 Å². The lowest BCUT2D eigenvalue weighted by Crippen LogP contribution is -2.20. The molecular weight excluding hydrogens is 219 g/mol. The molecule has 1 aromatic rings. The Hall–Kier alpha value is -1.78. The maximum Gasteiger partial charge on any atom is 0.454 e. The van der Waals surface area contributed by atoms with Gasteiger partial charge in [0.05, 0.1) is 0 Å². The van der Waals surface area contributed by atoms with Crippen LogP contribution in [0.25, 0.3) is 0 Å². The molecule has 0 aromatic heterocycles. The van der Waals surface area contributed by atoms with Crippen LogP contribution < -0.4 is 5.32 Å². The number of hydrogen-bond donors (Lipinski definition) is 1. The molecule has 0 aliphatic carbocycles. The monoisotopic (exact) mass is 229 g/mol. The van der Waals surface area contributed by atoms with Crippen molar-refractivity contribution in [3.8, 4) is 0 Å². The second-order valence-electron chi connectivity index (χ2n) is 3.21. The Bertz CT molecular complexity index is 393. The molecule has 0 heterocycles. The molecule has 0 radical (unpaired) electrons. The third kappa shape index (κ3) is 3.76. The molecule has 2 nitrogen and oxygen atoms in total. The third-order valence-electron chi connectivity index (χ3n) is 1.82. The molecule has 0 atom stereocenters. The van der Waals surface area contributed by atoms with Gasteiger partial charge in [-0.1, -0.05) is 17.7 Å². The second kappa shape index (κ2) is 4.83. The highest BCUT2D eigenvalue weighted by Gasteiger charge is 2.35. The molecule has 0 aliphatic rings. The van der Waals surface area contributed by atoms with Gasteiger partial charge in [-0.15, -0.1) is 0 Å². The van der Waals surface area contributed by atoms with E-state index in [1.807, 2.05) is 19.1 Å². The van der Waals surface area contributed by atoms with Crippen molar-refractivity contribution in [2.45, 2.75) is 13.1 Å². The molecule has 1 aromatic carbocycles. The number of halogens is 3. The van der Waals surface area contributed by atoms with Gasteiger partial charge in [0.15, 0.2) is 0 Å². The van der Waals surface area contributed by atoms with Crippen LogP contribution in [-0.2, 0) is 4.79 Å². The van der Waals surface area contributed by atoms with Crippen molar-refractivity contribution in [1.82, 2.24) is 0 Å². The summed E-state index contributed by atoms with van der Waals surface area (Å²) in [7, 11) is 0. The summed E-state index contributed by atoms with van der Waals surface area (Å²) in [5.74, 6) is -1.88. The second-order valence-corrected chi connectivity index (χ2v) is 3.21. The number of nitrogens with one attached hydrogen (secondary N) is 1. The first-order valence-electron chi connectivity index (χ1n) is 4.50. The van der Waals surface area contributed by atoms with Gasteiger partial charge < -0.3 is 5.32 Å². The summed E-state index contributed by atoms with van der Waals surface area (Å²) >= 11 is 0. The highest BCUT2D eigenvalue weighted by atomic mass is 19.4. The average molecular weight is 229 g/mol. The van der Waals surface area contributed by atoms with Crippen molar-refractivity contribution in [2.75, 3.05) is 5.32 Å². The Morgan fingerprint density at radius 1 is 1.25 bits per heavy atom. The smallest absolute Gasteiger partial charge is 0.362 e. The molecule has 0 aliphatic heterocycles. The molecule has 0 fully saturated rings. The van der Waals surface area contributed by atoms with Crippen LogP contribution in [0.3, 0.4) is 0 Å². The molecule has 1 rings (SSSR count). The third-order valence-corrected chi connectivity index (χ3v) is 1.82.